The Morgan fingerprint density at radius 2 is 2.03 bits per heavy atom. The van der Waals surface area contributed by atoms with Crippen molar-refractivity contribution in [3.8, 4) is 11.4 Å². The summed E-state index contributed by atoms with van der Waals surface area (Å²) in [5, 5.41) is 24.2. The van der Waals surface area contributed by atoms with Crippen LogP contribution in [-0.4, -0.2) is 29.8 Å². The molecule has 1 aromatic carbocycles. The highest BCUT2D eigenvalue weighted by molar-refractivity contribution is 7.98. The number of nitro groups is 1. The first-order chi connectivity index (χ1) is 14.7. The van der Waals surface area contributed by atoms with E-state index in [1.54, 1.807) is 18.4 Å². The van der Waals surface area contributed by atoms with E-state index in [2.05, 4.69) is 24.9 Å². The number of non-ortho nitro benzene ring substituents is 1. The molecule has 152 valence electrons. The van der Waals surface area contributed by atoms with Crippen LogP contribution in [0.4, 0.5) is 5.69 Å². The highest BCUT2D eigenvalue weighted by Crippen LogP contribution is 2.40. The quantitative estimate of drug-likeness (QED) is 0.234. The minimum atomic E-state index is -0.448. The van der Waals surface area contributed by atoms with Crippen LogP contribution in [0.5, 0.6) is 0 Å². The standard InChI is InChI=1S/C19H16N6O4S/c26-25(27)14-7-5-12(6-8-14)17-20-16(29-23-17)11-30-19-22-21-18(13-3-4-13)24(19)10-15-2-1-9-28-15/h1-2,5-9,13H,3-4,10-11H2. The summed E-state index contributed by atoms with van der Waals surface area (Å²) in [4.78, 5) is 14.7. The van der Waals surface area contributed by atoms with Gasteiger partial charge in [-0.25, -0.2) is 0 Å². The molecule has 0 aliphatic heterocycles. The van der Waals surface area contributed by atoms with Crippen LogP contribution in [0.25, 0.3) is 11.4 Å². The average molecular weight is 424 g/mol. The number of thioether (sulfide) groups is 1. The summed E-state index contributed by atoms with van der Waals surface area (Å²) >= 11 is 1.47. The fourth-order valence-corrected chi connectivity index (χ4v) is 3.83. The highest BCUT2D eigenvalue weighted by Gasteiger charge is 2.30. The summed E-state index contributed by atoms with van der Waals surface area (Å²) in [5.74, 6) is 3.54. The minimum absolute atomic E-state index is 0.0142. The molecule has 0 saturated heterocycles. The molecule has 0 amide bonds. The second-order valence-corrected chi connectivity index (χ2v) is 7.83. The number of hydrogen-bond donors (Lipinski definition) is 0. The van der Waals surface area contributed by atoms with E-state index in [1.165, 1.54) is 23.9 Å². The van der Waals surface area contributed by atoms with E-state index in [9.17, 15) is 10.1 Å². The van der Waals surface area contributed by atoms with Gasteiger partial charge in [-0.15, -0.1) is 10.2 Å². The first-order valence-electron chi connectivity index (χ1n) is 9.33. The lowest BCUT2D eigenvalue weighted by Crippen LogP contribution is -2.05. The van der Waals surface area contributed by atoms with Gasteiger partial charge in [0, 0.05) is 23.6 Å². The fraction of sp³-hybridized carbons (Fsp3) is 0.263. The number of rotatable bonds is 8. The zero-order valence-electron chi connectivity index (χ0n) is 15.7. The van der Waals surface area contributed by atoms with Gasteiger partial charge < -0.3 is 8.94 Å². The molecule has 30 heavy (non-hydrogen) atoms. The second kappa shape index (κ2) is 7.75. The van der Waals surface area contributed by atoms with Crippen molar-refractivity contribution in [3.05, 3.63) is 70.3 Å². The molecule has 0 unspecified atom stereocenters. The summed E-state index contributed by atoms with van der Waals surface area (Å²) in [5.41, 5.74) is 0.665. The Morgan fingerprint density at radius 1 is 1.20 bits per heavy atom. The van der Waals surface area contributed by atoms with Crippen molar-refractivity contribution in [2.24, 2.45) is 0 Å². The molecule has 0 bridgehead atoms. The van der Waals surface area contributed by atoms with Gasteiger partial charge in [-0.2, -0.15) is 4.98 Å². The highest BCUT2D eigenvalue weighted by atomic mass is 32.2. The number of nitro benzene ring substituents is 1. The van der Waals surface area contributed by atoms with Crippen molar-refractivity contribution in [3.63, 3.8) is 0 Å². The SMILES string of the molecule is O=[N+]([O-])c1ccc(-c2noc(CSc3nnc(C4CC4)n3Cc3ccco3)n2)cc1. The third-order valence-corrected chi connectivity index (χ3v) is 5.66. The van der Waals surface area contributed by atoms with E-state index in [1.807, 2.05) is 12.1 Å². The maximum Gasteiger partial charge on any atom is 0.269 e. The summed E-state index contributed by atoms with van der Waals surface area (Å²) in [6.07, 6.45) is 3.91. The predicted molar refractivity (Wildman–Crippen MR) is 106 cm³/mol. The molecule has 1 fully saturated rings. The molecule has 0 spiro atoms. The molecule has 0 N–H and O–H groups in total. The lowest BCUT2D eigenvalue weighted by molar-refractivity contribution is -0.384. The number of benzene rings is 1. The monoisotopic (exact) mass is 424 g/mol. The molecule has 1 saturated carbocycles. The van der Waals surface area contributed by atoms with Crippen LogP contribution in [-0.2, 0) is 12.3 Å². The molecule has 1 aliphatic carbocycles. The molecule has 3 heterocycles. The van der Waals surface area contributed by atoms with Crippen molar-refractivity contribution in [2.75, 3.05) is 0 Å². The zero-order valence-corrected chi connectivity index (χ0v) is 16.5. The molecule has 0 radical (unpaired) electrons. The van der Waals surface area contributed by atoms with Crippen molar-refractivity contribution >= 4 is 17.4 Å². The van der Waals surface area contributed by atoms with Crippen molar-refractivity contribution < 1.29 is 13.9 Å². The Kier molecular flexibility index (Phi) is 4.79. The third kappa shape index (κ3) is 3.83. The first-order valence-corrected chi connectivity index (χ1v) is 10.3. The Labute approximate surface area is 174 Å². The van der Waals surface area contributed by atoms with Crippen molar-refractivity contribution in [1.82, 2.24) is 24.9 Å². The Morgan fingerprint density at radius 3 is 2.73 bits per heavy atom. The van der Waals surface area contributed by atoms with Gasteiger partial charge in [0.25, 0.3) is 5.69 Å². The molecule has 5 rings (SSSR count). The van der Waals surface area contributed by atoms with Crippen LogP contribution in [0.15, 0.2) is 56.8 Å². The molecule has 3 aromatic heterocycles. The van der Waals surface area contributed by atoms with Crippen LogP contribution < -0.4 is 0 Å². The summed E-state index contributed by atoms with van der Waals surface area (Å²) in [6.45, 7) is 0.575. The van der Waals surface area contributed by atoms with Crippen LogP contribution in [0.2, 0.25) is 0 Å². The number of aromatic nitrogens is 5. The predicted octanol–water partition coefficient (Wildman–Crippen LogP) is 4.05. The molecular weight excluding hydrogens is 408 g/mol. The topological polar surface area (TPSA) is 126 Å². The molecule has 10 nitrogen and oxygen atoms in total. The Hall–Kier alpha value is -3.47. The Balaban J connectivity index is 1.30. The van der Waals surface area contributed by atoms with Crippen molar-refractivity contribution in [2.45, 2.75) is 36.2 Å². The van der Waals surface area contributed by atoms with E-state index in [0.29, 0.717) is 35.5 Å². The molecule has 0 atom stereocenters. The third-order valence-electron chi connectivity index (χ3n) is 4.71. The fourth-order valence-electron chi connectivity index (χ4n) is 3.05. The lowest BCUT2D eigenvalue weighted by atomic mass is 10.2. The smallest absolute Gasteiger partial charge is 0.269 e. The van der Waals surface area contributed by atoms with Crippen LogP contribution in [0.1, 0.15) is 36.2 Å². The van der Waals surface area contributed by atoms with Gasteiger partial charge >= 0.3 is 0 Å². The van der Waals surface area contributed by atoms with Gasteiger partial charge in [0.15, 0.2) is 5.16 Å². The second-order valence-electron chi connectivity index (χ2n) is 6.88. The molecule has 1 aliphatic rings. The summed E-state index contributed by atoms with van der Waals surface area (Å²) < 4.78 is 12.9. The van der Waals surface area contributed by atoms with Crippen LogP contribution in [0, 0.1) is 10.1 Å². The normalized spacial score (nSPS) is 13.6. The maximum absolute atomic E-state index is 10.8. The Bertz CT molecular complexity index is 1160. The zero-order chi connectivity index (χ0) is 20.5. The van der Waals surface area contributed by atoms with Gasteiger partial charge in [-0.3, -0.25) is 14.7 Å². The molecule has 4 aromatic rings. The summed E-state index contributed by atoms with van der Waals surface area (Å²) in [7, 11) is 0. The van der Waals surface area contributed by atoms with Gasteiger partial charge in [0.1, 0.15) is 11.6 Å². The lowest BCUT2D eigenvalue weighted by Gasteiger charge is -2.07. The van der Waals surface area contributed by atoms with E-state index in [-0.39, 0.29) is 5.69 Å². The first kappa shape index (κ1) is 18.6. The van der Waals surface area contributed by atoms with Gasteiger partial charge in [0.05, 0.1) is 23.5 Å². The van der Waals surface area contributed by atoms with Crippen molar-refractivity contribution in [1.29, 1.82) is 0 Å². The minimum Gasteiger partial charge on any atom is -0.467 e. The average Bonchev–Trinajstić information content (AvgIpc) is 3.14. The van der Waals surface area contributed by atoms with E-state index in [0.717, 1.165) is 29.6 Å². The number of nitrogens with zero attached hydrogens (tertiary/aromatic N) is 6. The van der Waals surface area contributed by atoms with E-state index < -0.39 is 4.92 Å². The van der Waals surface area contributed by atoms with E-state index in [4.69, 9.17) is 8.94 Å². The van der Waals surface area contributed by atoms with Gasteiger partial charge in [-0.05, 0) is 37.1 Å². The van der Waals surface area contributed by atoms with Crippen LogP contribution >= 0.6 is 11.8 Å². The molecule has 11 heteroatoms. The van der Waals surface area contributed by atoms with Gasteiger partial charge in [-0.1, -0.05) is 16.9 Å². The van der Waals surface area contributed by atoms with Crippen LogP contribution in [0.3, 0.4) is 0 Å². The number of furan rings is 1. The van der Waals surface area contributed by atoms with E-state index >= 15 is 0 Å². The molecular formula is C19H16N6O4S. The number of hydrogen-bond acceptors (Lipinski definition) is 9. The van der Waals surface area contributed by atoms with Gasteiger partial charge in [0.2, 0.25) is 11.7 Å². The summed E-state index contributed by atoms with van der Waals surface area (Å²) in [6, 6.07) is 9.82. The largest absolute Gasteiger partial charge is 0.467 e. The maximum atomic E-state index is 10.8.